The maximum atomic E-state index is 13.1. The molecule has 164 valence electrons. The summed E-state index contributed by atoms with van der Waals surface area (Å²) in [4.78, 5) is 26.9. The molecule has 0 bridgehead atoms. The average molecular weight is 469 g/mol. The van der Waals surface area contributed by atoms with Crippen molar-refractivity contribution in [3.8, 4) is 0 Å². The molecule has 0 fully saturated rings. The Morgan fingerprint density at radius 1 is 0.969 bits per heavy atom. The first-order chi connectivity index (χ1) is 15.4. The van der Waals surface area contributed by atoms with Crippen LogP contribution in [0.4, 0.5) is 5.69 Å². The van der Waals surface area contributed by atoms with Gasteiger partial charge in [-0.05, 0) is 59.5 Å². The van der Waals surface area contributed by atoms with Gasteiger partial charge >= 0.3 is 5.97 Å². The molecule has 0 spiro atoms. The van der Waals surface area contributed by atoms with Crippen molar-refractivity contribution in [2.24, 2.45) is 0 Å². The van der Waals surface area contributed by atoms with E-state index in [1.807, 2.05) is 30.3 Å². The first-order valence-corrected chi connectivity index (χ1v) is 11.0. The molecule has 0 saturated carbocycles. The van der Waals surface area contributed by atoms with Crippen LogP contribution in [-0.2, 0) is 24.2 Å². The highest BCUT2D eigenvalue weighted by atomic mass is 35.5. The van der Waals surface area contributed by atoms with Gasteiger partial charge in [-0.2, -0.15) is 0 Å². The molecule has 0 radical (unpaired) electrons. The molecular formula is C25H22Cl2N2O3. The molecule has 0 unspecified atom stereocenters. The highest BCUT2D eigenvalue weighted by molar-refractivity contribution is 6.31. The normalized spacial score (nSPS) is 12.4. The highest BCUT2D eigenvalue weighted by Gasteiger charge is 2.26. The molecule has 1 N–H and O–H groups in total. The SMILES string of the molecule is COC(=O)c1ccc(CNC(=O)c2cc(Cl)cc3c2N(Cc2ccc(Cl)cc2)CC3)cc1. The number of nitrogens with one attached hydrogen (secondary N) is 1. The minimum atomic E-state index is -0.393. The van der Waals surface area contributed by atoms with E-state index in [-0.39, 0.29) is 5.91 Å². The lowest BCUT2D eigenvalue weighted by atomic mass is 10.1. The fraction of sp³-hybridized carbons (Fsp3) is 0.200. The fourth-order valence-corrected chi connectivity index (χ4v) is 4.25. The Bertz CT molecular complexity index is 1150. The van der Waals surface area contributed by atoms with E-state index in [1.54, 1.807) is 30.3 Å². The summed E-state index contributed by atoms with van der Waals surface area (Å²) in [5.74, 6) is -0.584. The van der Waals surface area contributed by atoms with Gasteiger partial charge in [-0.25, -0.2) is 4.79 Å². The number of anilines is 1. The number of carbonyl (C=O) groups excluding carboxylic acids is 2. The van der Waals surface area contributed by atoms with Gasteiger partial charge in [0.05, 0.1) is 23.9 Å². The van der Waals surface area contributed by atoms with Crippen LogP contribution in [0.25, 0.3) is 0 Å². The van der Waals surface area contributed by atoms with Crippen molar-refractivity contribution in [1.82, 2.24) is 5.32 Å². The number of esters is 1. The number of rotatable bonds is 6. The summed E-state index contributed by atoms with van der Waals surface area (Å²) in [5.41, 5.74) is 5.01. The Hall–Kier alpha value is -3.02. The first-order valence-electron chi connectivity index (χ1n) is 10.2. The number of hydrogen-bond acceptors (Lipinski definition) is 4. The zero-order valence-electron chi connectivity index (χ0n) is 17.5. The van der Waals surface area contributed by atoms with Crippen LogP contribution in [0.15, 0.2) is 60.7 Å². The van der Waals surface area contributed by atoms with Crippen LogP contribution < -0.4 is 10.2 Å². The van der Waals surface area contributed by atoms with E-state index in [2.05, 4.69) is 10.2 Å². The lowest BCUT2D eigenvalue weighted by molar-refractivity contribution is 0.0600. The van der Waals surface area contributed by atoms with Gasteiger partial charge in [0.25, 0.3) is 5.91 Å². The van der Waals surface area contributed by atoms with Crippen LogP contribution in [0.1, 0.15) is 37.4 Å². The summed E-state index contributed by atoms with van der Waals surface area (Å²) < 4.78 is 4.71. The highest BCUT2D eigenvalue weighted by Crippen LogP contribution is 2.35. The van der Waals surface area contributed by atoms with Gasteiger partial charge in [-0.3, -0.25) is 4.79 Å². The van der Waals surface area contributed by atoms with Crippen LogP contribution >= 0.6 is 23.2 Å². The van der Waals surface area contributed by atoms with Crippen molar-refractivity contribution in [3.63, 3.8) is 0 Å². The summed E-state index contributed by atoms with van der Waals surface area (Å²) in [7, 11) is 1.34. The van der Waals surface area contributed by atoms with Gasteiger partial charge in [0.2, 0.25) is 0 Å². The van der Waals surface area contributed by atoms with Crippen molar-refractivity contribution in [2.45, 2.75) is 19.5 Å². The van der Waals surface area contributed by atoms with Crippen molar-refractivity contribution in [3.05, 3.63) is 98.5 Å². The van der Waals surface area contributed by atoms with E-state index in [1.165, 1.54) is 7.11 Å². The Kier molecular flexibility index (Phi) is 6.68. The Balaban J connectivity index is 1.51. The van der Waals surface area contributed by atoms with Crippen molar-refractivity contribution in [2.75, 3.05) is 18.6 Å². The second kappa shape index (κ2) is 9.63. The Morgan fingerprint density at radius 3 is 2.34 bits per heavy atom. The standard InChI is InChI=1S/C25H22Cl2N2O3/c1-32-25(31)18-6-2-16(3-7-18)14-28-24(30)22-13-21(27)12-19-10-11-29(23(19)22)15-17-4-8-20(26)9-5-17/h2-9,12-13H,10-11,14-15H2,1H3,(H,28,30). The molecule has 1 aliphatic heterocycles. The maximum Gasteiger partial charge on any atom is 0.337 e. The summed E-state index contributed by atoms with van der Waals surface area (Å²) in [6, 6.07) is 18.3. The van der Waals surface area contributed by atoms with Crippen LogP contribution in [0.5, 0.6) is 0 Å². The minimum Gasteiger partial charge on any atom is -0.465 e. The molecular weight excluding hydrogens is 447 g/mol. The largest absolute Gasteiger partial charge is 0.465 e. The minimum absolute atomic E-state index is 0.191. The third-order valence-corrected chi connectivity index (χ3v) is 5.95. The molecule has 0 atom stereocenters. The van der Waals surface area contributed by atoms with Crippen molar-refractivity contribution in [1.29, 1.82) is 0 Å². The van der Waals surface area contributed by atoms with E-state index in [0.717, 1.165) is 35.3 Å². The van der Waals surface area contributed by atoms with E-state index in [0.29, 0.717) is 34.3 Å². The molecule has 5 nitrogen and oxygen atoms in total. The molecule has 1 heterocycles. The van der Waals surface area contributed by atoms with Gasteiger partial charge in [0.15, 0.2) is 0 Å². The molecule has 0 aromatic heterocycles. The molecule has 0 aliphatic carbocycles. The zero-order chi connectivity index (χ0) is 22.7. The quantitative estimate of drug-likeness (QED) is 0.500. The van der Waals surface area contributed by atoms with Crippen molar-refractivity contribution >= 4 is 40.8 Å². The molecule has 0 saturated heterocycles. The van der Waals surface area contributed by atoms with Crippen LogP contribution in [0, 0.1) is 0 Å². The summed E-state index contributed by atoms with van der Waals surface area (Å²) in [5, 5.41) is 4.21. The van der Waals surface area contributed by atoms with Crippen LogP contribution in [-0.4, -0.2) is 25.5 Å². The maximum absolute atomic E-state index is 13.1. The van der Waals surface area contributed by atoms with Gasteiger partial charge in [-0.1, -0.05) is 47.5 Å². The molecule has 4 rings (SSSR count). The average Bonchev–Trinajstić information content (AvgIpc) is 3.20. The van der Waals surface area contributed by atoms with E-state index in [9.17, 15) is 9.59 Å². The number of hydrogen-bond donors (Lipinski definition) is 1. The molecule has 32 heavy (non-hydrogen) atoms. The zero-order valence-corrected chi connectivity index (χ0v) is 19.0. The molecule has 1 amide bonds. The fourth-order valence-electron chi connectivity index (χ4n) is 3.88. The number of halogens is 2. The van der Waals surface area contributed by atoms with E-state index < -0.39 is 5.97 Å². The second-order valence-electron chi connectivity index (χ2n) is 7.63. The number of fused-ring (bicyclic) bond motifs is 1. The number of benzene rings is 3. The molecule has 3 aromatic carbocycles. The second-order valence-corrected chi connectivity index (χ2v) is 8.50. The molecule has 3 aromatic rings. The number of amides is 1. The first kappa shape index (κ1) is 22.2. The summed E-state index contributed by atoms with van der Waals surface area (Å²) >= 11 is 12.3. The number of nitrogens with zero attached hydrogens (tertiary/aromatic N) is 1. The number of carbonyl (C=O) groups is 2. The van der Waals surface area contributed by atoms with E-state index >= 15 is 0 Å². The smallest absolute Gasteiger partial charge is 0.337 e. The van der Waals surface area contributed by atoms with Gasteiger partial charge in [-0.15, -0.1) is 0 Å². The third kappa shape index (κ3) is 4.90. The molecule has 7 heteroatoms. The predicted octanol–water partition coefficient (Wildman–Crippen LogP) is 5.27. The topological polar surface area (TPSA) is 58.6 Å². The Morgan fingerprint density at radius 2 is 1.66 bits per heavy atom. The molecule has 1 aliphatic rings. The lowest BCUT2D eigenvalue weighted by Gasteiger charge is -2.22. The number of methoxy groups -OCH3 is 1. The third-order valence-electron chi connectivity index (χ3n) is 5.48. The van der Waals surface area contributed by atoms with Crippen LogP contribution in [0.3, 0.4) is 0 Å². The summed E-state index contributed by atoms with van der Waals surface area (Å²) in [6.07, 6.45) is 0.832. The van der Waals surface area contributed by atoms with Gasteiger partial charge < -0.3 is 15.0 Å². The Labute approximate surface area is 196 Å². The van der Waals surface area contributed by atoms with E-state index in [4.69, 9.17) is 27.9 Å². The monoisotopic (exact) mass is 468 g/mol. The lowest BCUT2D eigenvalue weighted by Crippen LogP contribution is -2.27. The van der Waals surface area contributed by atoms with Crippen molar-refractivity contribution < 1.29 is 14.3 Å². The van der Waals surface area contributed by atoms with Gasteiger partial charge in [0.1, 0.15) is 0 Å². The van der Waals surface area contributed by atoms with Crippen LogP contribution in [0.2, 0.25) is 10.0 Å². The predicted molar refractivity (Wildman–Crippen MR) is 127 cm³/mol. The summed E-state index contributed by atoms with van der Waals surface area (Å²) in [6.45, 7) is 1.83. The number of ether oxygens (including phenoxy) is 1. The van der Waals surface area contributed by atoms with Gasteiger partial charge in [0, 0.05) is 29.7 Å².